The van der Waals surface area contributed by atoms with E-state index < -0.39 is 0 Å². The van der Waals surface area contributed by atoms with Crippen molar-refractivity contribution >= 4 is 22.8 Å². The van der Waals surface area contributed by atoms with E-state index in [1.165, 1.54) is 23.3 Å². The van der Waals surface area contributed by atoms with Crippen molar-refractivity contribution in [1.82, 2.24) is 20.5 Å². The van der Waals surface area contributed by atoms with Gasteiger partial charge in [-0.2, -0.15) is 0 Å². The maximum absolute atomic E-state index is 13.3. The van der Waals surface area contributed by atoms with Gasteiger partial charge in [0, 0.05) is 56.7 Å². The first-order chi connectivity index (χ1) is 15.6. The molecule has 168 valence electrons. The molecule has 6 nitrogen and oxygen atoms in total. The highest BCUT2D eigenvalue weighted by Gasteiger charge is 2.19. The average Bonchev–Trinajstić information content (AvgIpc) is 3.21. The van der Waals surface area contributed by atoms with Crippen LogP contribution in [-0.2, 0) is 24.2 Å². The summed E-state index contributed by atoms with van der Waals surface area (Å²) in [6, 6.07) is 13.2. The molecular weight excluding hydrogens is 405 g/mol. The first kappa shape index (κ1) is 21.9. The van der Waals surface area contributed by atoms with Crippen LogP contribution in [0.5, 0.6) is 0 Å². The molecule has 1 amide bonds. The minimum absolute atomic E-state index is 0.208. The molecule has 0 saturated carbocycles. The highest BCUT2D eigenvalue weighted by Crippen LogP contribution is 2.20. The normalized spacial score (nSPS) is 13.8. The number of aromatic nitrogens is 1. The van der Waals surface area contributed by atoms with Crippen LogP contribution in [0.3, 0.4) is 0 Å². The van der Waals surface area contributed by atoms with Crippen molar-refractivity contribution in [3.63, 3.8) is 0 Å². The third-order valence-electron chi connectivity index (χ3n) is 5.98. The number of rotatable bonds is 7. The van der Waals surface area contributed by atoms with E-state index in [9.17, 15) is 9.18 Å². The summed E-state index contributed by atoms with van der Waals surface area (Å²) < 4.78 is 13.3. The maximum atomic E-state index is 13.3. The lowest BCUT2D eigenvalue weighted by atomic mass is 9.99. The Morgan fingerprint density at radius 2 is 1.97 bits per heavy atom. The molecule has 0 spiro atoms. The number of H-pyrrole nitrogens is 1. The molecule has 1 aromatic heterocycles. The van der Waals surface area contributed by atoms with E-state index in [1.54, 1.807) is 7.05 Å². The molecule has 0 radical (unpaired) electrons. The van der Waals surface area contributed by atoms with Gasteiger partial charge in [0.25, 0.3) is 0 Å². The summed E-state index contributed by atoms with van der Waals surface area (Å²) in [5.74, 6) is 0.687. The van der Waals surface area contributed by atoms with Gasteiger partial charge in [-0.05, 0) is 54.2 Å². The molecule has 4 rings (SSSR count). The number of aliphatic imine (C=N–C) groups is 1. The Kier molecular flexibility index (Phi) is 7.04. The van der Waals surface area contributed by atoms with E-state index in [2.05, 4.69) is 38.8 Å². The Bertz CT molecular complexity index is 1110. The van der Waals surface area contributed by atoms with Crippen LogP contribution in [0.1, 0.15) is 29.5 Å². The first-order valence-electron chi connectivity index (χ1n) is 11.2. The highest BCUT2D eigenvalue weighted by atomic mass is 19.1. The van der Waals surface area contributed by atoms with E-state index in [1.807, 2.05) is 23.2 Å². The molecule has 3 N–H and O–H groups in total. The Balaban J connectivity index is 1.16. The van der Waals surface area contributed by atoms with Gasteiger partial charge in [0.05, 0.1) is 0 Å². The number of hydrogen-bond donors (Lipinski definition) is 3. The molecule has 1 aliphatic rings. The maximum Gasteiger partial charge on any atom is 0.222 e. The standard InChI is InChI=1S/C25H30FN5O/c1-27-25(29-13-10-19-16-30-23-15-21(26)8-9-22(19)23)28-12-4-7-24(32)31-14-11-18-5-2-3-6-20(18)17-31/h2-3,5-6,8-9,15-16,30H,4,7,10-14,17H2,1H3,(H2,27,28,29). The SMILES string of the molecule is CN=C(NCCCC(=O)N1CCc2ccccc2C1)NCCc1c[nH]c2cc(F)ccc12. The Morgan fingerprint density at radius 3 is 2.81 bits per heavy atom. The van der Waals surface area contributed by atoms with Crippen LogP contribution >= 0.6 is 0 Å². The van der Waals surface area contributed by atoms with Crippen LogP contribution in [0.15, 0.2) is 53.7 Å². The average molecular weight is 436 g/mol. The minimum Gasteiger partial charge on any atom is -0.361 e. The quantitative estimate of drug-likeness (QED) is 0.303. The zero-order chi connectivity index (χ0) is 22.3. The number of guanidine groups is 1. The highest BCUT2D eigenvalue weighted by molar-refractivity contribution is 5.83. The molecule has 0 aliphatic carbocycles. The molecule has 3 aromatic rings. The van der Waals surface area contributed by atoms with E-state index in [0.717, 1.165) is 48.2 Å². The Hall–Kier alpha value is -3.35. The second-order valence-electron chi connectivity index (χ2n) is 8.12. The summed E-state index contributed by atoms with van der Waals surface area (Å²) >= 11 is 0. The zero-order valence-corrected chi connectivity index (χ0v) is 18.5. The molecule has 0 fully saturated rings. The Labute approximate surface area is 187 Å². The molecule has 0 unspecified atom stereocenters. The number of nitrogens with zero attached hydrogens (tertiary/aromatic N) is 2. The number of carbonyl (C=O) groups excluding carboxylic acids is 1. The lowest BCUT2D eigenvalue weighted by molar-refractivity contribution is -0.132. The zero-order valence-electron chi connectivity index (χ0n) is 18.5. The fourth-order valence-electron chi connectivity index (χ4n) is 4.21. The van der Waals surface area contributed by atoms with Gasteiger partial charge < -0.3 is 20.5 Å². The summed E-state index contributed by atoms with van der Waals surface area (Å²) in [7, 11) is 1.74. The van der Waals surface area contributed by atoms with Gasteiger partial charge in [0.2, 0.25) is 5.91 Å². The van der Waals surface area contributed by atoms with Crippen molar-refractivity contribution in [3.8, 4) is 0 Å². The van der Waals surface area contributed by atoms with E-state index in [-0.39, 0.29) is 11.7 Å². The number of benzene rings is 2. The molecule has 2 heterocycles. The number of aromatic amines is 1. The predicted molar refractivity (Wildman–Crippen MR) is 126 cm³/mol. The van der Waals surface area contributed by atoms with Crippen LogP contribution in [-0.4, -0.2) is 48.4 Å². The third-order valence-corrected chi connectivity index (χ3v) is 5.98. The fourth-order valence-corrected chi connectivity index (χ4v) is 4.21. The predicted octanol–water partition coefficient (Wildman–Crippen LogP) is 3.38. The van der Waals surface area contributed by atoms with Gasteiger partial charge in [-0.3, -0.25) is 9.79 Å². The lowest BCUT2D eigenvalue weighted by Gasteiger charge is -2.29. The largest absolute Gasteiger partial charge is 0.361 e. The molecule has 32 heavy (non-hydrogen) atoms. The number of hydrogen-bond acceptors (Lipinski definition) is 2. The first-order valence-corrected chi connectivity index (χ1v) is 11.2. The topological polar surface area (TPSA) is 72.5 Å². The van der Waals surface area contributed by atoms with Crippen molar-refractivity contribution in [2.75, 3.05) is 26.7 Å². The second kappa shape index (κ2) is 10.3. The van der Waals surface area contributed by atoms with Crippen LogP contribution in [0.4, 0.5) is 4.39 Å². The number of amides is 1. The van der Waals surface area contributed by atoms with E-state index in [4.69, 9.17) is 0 Å². The minimum atomic E-state index is -0.239. The number of halogens is 1. The van der Waals surface area contributed by atoms with Crippen LogP contribution < -0.4 is 10.6 Å². The lowest BCUT2D eigenvalue weighted by Crippen LogP contribution is -2.39. The number of fused-ring (bicyclic) bond motifs is 2. The molecule has 7 heteroatoms. The van der Waals surface area contributed by atoms with E-state index in [0.29, 0.717) is 26.1 Å². The van der Waals surface area contributed by atoms with Crippen molar-refractivity contribution < 1.29 is 9.18 Å². The summed E-state index contributed by atoms with van der Waals surface area (Å²) in [6.07, 6.45) is 4.93. The molecule has 2 aromatic carbocycles. The van der Waals surface area contributed by atoms with Crippen LogP contribution in [0, 0.1) is 5.82 Å². The summed E-state index contributed by atoms with van der Waals surface area (Å²) in [5.41, 5.74) is 4.56. The van der Waals surface area contributed by atoms with Gasteiger partial charge >= 0.3 is 0 Å². The number of carbonyl (C=O) groups is 1. The van der Waals surface area contributed by atoms with Crippen molar-refractivity contribution in [3.05, 3.63) is 71.2 Å². The fraction of sp³-hybridized carbons (Fsp3) is 0.360. The van der Waals surface area contributed by atoms with Gasteiger partial charge in [0.15, 0.2) is 5.96 Å². The smallest absolute Gasteiger partial charge is 0.222 e. The summed E-state index contributed by atoms with van der Waals surface area (Å²) in [6.45, 7) is 2.90. The van der Waals surface area contributed by atoms with Gasteiger partial charge in [-0.25, -0.2) is 4.39 Å². The van der Waals surface area contributed by atoms with Crippen LogP contribution in [0.25, 0.3) is 10.9 Å². The number of nitrogens with one attached hydrogen (secondary N) is 3. The van der Waals surface area contributed by atoms with Gasteiger partial charge in [-0.15, -0.1) is 0 Å². The molecule has 1 aliphatic heterocycles. The summed E-state index contributed by atoms with van der Waals surface area (Å²) in [5, 5.41) is 7.62. The second-order valence-corrected chi connectivity index (χ2v) is 8.12. The third kappa shape index (κ3) is 5.28. The van der Waals surface area contributed by atoms with Crippen LogP contribution in [0.2, 0.25) is 0 Å². The Morgan fingerprint density at radius 1 is 1.16 bits per heavy atom. The molecule has 0 atom stereocenters. The van der Waals surface area contributed by atoms with Gasteiger partial charge in [-0.1, -0.05) is 24.3 Å². The molecule has 0 saturated heterocycles. The van der Waals surface area contributed by atoms with E-state index >= 15 is 0 Å². The van der Waals surface area contributed by atoms with Crippen molar-refractivity contribution in [2.45, 2.75) is 32.2 Å². The van der Waals surface area contributed by atoms with Crippen molar-refractivity contribution in [2.24, 2.45) is 4.99 Å². The molecule has 0 bridgehead atoms. The molecular formula is C25H30FN5O. The summed E-state index contributed by atoms with van der Waals surface area (Å²) in [4.78, 5) is 21.9. The van der Waals surface area contributed by atoms with Gasteiger partial charge in [0.1, 0.15) is 5.82 Å². The monoisotopic (exact) mass is 435 g/mol. The van der Waals surface area contributed by atoms with Crippen molar-refractivity contribution in [1.29, 1.82) is 0 Å².